The molecule has 1 atom stereocenters. The van der Waals surface area contributed by atoms with Crippen molar-refractivity contribution in [3.05, 3.63) is 18.2 Å². The molecule has 0 aliphatic carbocycles. The van der Waals surface area contributed by atoms with Gasteiger partial charge < -0.3 is 20.7 Å². The van der Waals surface area contributed by atoms with Crippen LogP contribution in [0.1, 0.15) is 6.92 Å². The van der Waals surface area contributed by atoms with E-state index in [-0.39, 0.29) is 11.2 Å². The lowest BCUT2D eigenvalue weighted by atomic mass is 10.2. The van der Waals surface area contributed by atoms with Gasteiger partial charge in [0.25, 0.3) is 0 Å². The second-order valence-corrected chi connectivity index (χ2v) is 6.21. The second kappa shape index (κ2) is 8.01. The molecule has 0 aliphatic heterocycles. The van der Waals surface area contributed by atoms with Crippen molar-refractivity contribution >= 4 is 29.0 Å². The quantitative estimate of drug-likeness (QED) is 0.752. The van der Waals surface area contributed by atoms with E-state index in [4.69, 9.17) is 10.5 Å². The highest BCUT2D eigenvalue weighted by atomic mass is 32.2. The Balaban J connectivity index is 2.59. The van der Waals surface area contributed by atoms with Gasteiger partial charge in [-0.2, -0.15) is 0 Å². The van der Waals surface area contributed by atoms with Gasteiger partial charge in [-0.1, -0.05) is 0 Å². The highest BCUT2D eigenvalue weighted by Gasteiger charge is 2.15. The fourth-order valence-electron chi connectivity index (χ4n) is 1.55. The Bertz CT molecular complexity index is 452. The van der Waals surface area contributed by atoms with E-state index in [0.29, 0.717) is 17.1 Å². The van der Waals surface area contributed by atoms with Crippen molar-refractivity contribution in [1.82, 2.24) is 4.90 Å². The molecule has 1 amide bonds. The largest absolute Gasteiger partial charge is 0.495 e. The molecule has 0 spiro atoms. The number of rotatable bonds is 7. The number of ether oxygens (including phenoxy) is 1. The summed E-state index contributed by atoms with van der Waals surface area (Å²) in [4.78, 5) is 14.2. The monoisotopic (exact) mass is 297 g/mol. The minimum atomic E-state index is -0.124. The molecule has 0 saturated carbocycles. The van der Waals surface area contributed by atoms with Gasteiger partial charge in [-0.3, -0.25) is 4.79 Å². The highest BCUT2D eigenvalue weighted by molar-refractivity contribution is 8.00. The van der Waals surface area contributed by atoms with Crippen molar-refractivity contribution in [1.29, 1.82) is 0 Å². The van der Waals surface area contributed by atoms with Crippen LogP contribution in [0.4, 0.5) is 11.4 Å². The summed E-state index contributed by atoms with van der Waals surface area (Å²) in [6.45, 7) is 2.85. The maximum Gasteiger partial charge on any atom is 0.237 e. The first-order valence-electron chi connectivity index (χ1n) is 6.44. The first-order chi connectivity index (χ1) is 9.43. The standard InChI is InChI=1S/C14H23N3O2S/c1-10(20-8-7-17(2)3)14(18)16-12-9-11(15)5-6-13(12)19-4/h5-6,9-10H,7-8,15H2,1-4H3,(H,16,18). The van der Waals surface area contributed by atoms with E-state index in [1.165, 1.54) is 0 Å². The Morgan fingerprint density at radius 3 is 2.80 bits per heavy atom. The number of nitrogen functional groups attached to an aromatic ring is 1. The number of nitrogens with one attached hydrogen (secondary N) is 1. The average Bonchev–Trinajstić information content (AvgIpc) is 2.38. The van der Waals surface area contributed by atoms with E-state index in [1.807, 2.05) is 21.0 Å². The SMILES string of the molecule is COc1ccc(N)cc1NC(=O)C(C)SCCN(C)C. The summed E-state index contributed by atoms with van der Waals surface area (Å²) in [6, 6.07) is 5.19. The van der Waals surface area contributed by atoms with Gasteiger partial charge in [0.15, 0.2) is 0 Å². The van der Waals surface area contributed by atoms with E-state index in [1.54, 1.807) is 37.1 Å². The summed E-state index contributed by atoms with van der Waals surface area (Å²) in [6.07, 6.45) is 0. The van der Waals surface area contributed by atoms with E-state index >= 15 is 0 Å². The molecule has 0 saturated heterocycles. The number of hydrogen-bond donors (Lipinski definition) is 2. The predicted octanol–water partition coefficient (Wildman–Crippen LogP) is 1.90. The van der Waals surface area contributed by atoms with Crippen LogP contribution in [-0.2, 0) is 4.79 Å². The smallest absolute Gasteiger partial charge is 0.237 e. The highest BCUT2D eigenvalue weighted by Crippen LogP contribution is 2.27. The molecule has 0 bridgehead atoms. The molecular formula is C14H23N3O2S. The van der Waals surface area contributed by atoms with E-state index in [2.05, 4.69) is 10.2 Å². The molecule has 3 N–H and O–H groups in total. The number of benzene rings is 1. The summed E-state index contributed by atoms with van der Waals surface area (Å²) < 4.78 is 5.21. The number of nitrogens with zero attached hydrogens (tertiary/aromatic N) is 1. The topological polar surface area (TPSA) is 67.6 Å². The summed E-state index contributed by atoms with van der Waals surface area (Å²) >= 11 is 1.62. The maximum absolute atomic E-state index is 12.1. The van der Waals surface area contributed by atoms with Crippen LogP contribution in [0.15, 0.2) is 18.2 Å². The Morgan fingerprint density at radius 1 is 1.50 bits per heavy atom. The molecular weight excluding hydrogens is 274 g/mol. The normalized spacial score (nSPS) is 12.2. The van der Waals surface area contributed by atoms with Crippen LogP contribution in [0.25, 0.3) is 0 Å². The maximum atomic E-state index is 12.1. The number of amides is 1. The van der Waals surface area contributed by atoms with Gasteiger partial charge >= 0.3 is 0 Å². The first kappa shape index (κ1) is 16.7. The van der Waals surface area contributed by atoms with Crippen LogP contribution in [0.5, 0.6) is 5.75 Å². The molecule has 0 fully saturated rings. The van der Waals surface area contributed by atoms with Crippen molar-refractivity contribution in [3.8, 4) is 5.75 Å². The Kier molecular flexibility index (Phi) is 6.67. The molecule has 0 radical (unpaired) electrons. The van der Waals surface area contributed by atoms with Gasteiger partial charge in [0.1, 0.15) is 5.75 Å². The lowest BCUT2D eigenvalue weighted by Gasteiger charge is -2.15. The number of hydrogen-bond acceptors (Lipinski definition) is 5. The summed E-state index contributed by atoms with van der Waals surface area (Å²) in [5, 5.41) is 2.74. The number of methoxy groups -OCH3 is 1. The van der Waals surface area contributed by atoms with Gasteiger partial charge in [-0.25, -0.2) is 0 Å². The molecule has 112 valence electrons. The van der Waals surface area contributed by atoms with E-state index in [9.17, 15) is 4.79 Å². The molecule has 0 aromatic heterocycles. The third-order valence-corrected chi connectivity index (χ3v) is 3.89. The van der Waals surface area contributed by atoms with Crippen LogP contribution < -0.4 is 15.8 Å². The number of nitrogens with two attached hydrogens (primary N) is 1. The van der Waals surface area contributed by atoms with Gasteiger partial charge in [0.2, 0.25) is 5.91 Å². The molecule has 20 heavy (non-hydrogen) atoms. The zero-order valence-electron chi connectivity index (χ0n) is 12.5. The van der Waals surface area contributed by atoms with Gasteiger partial charge in [-0.05, 0) is 39.2 Å². The van der Waals surface area contributed by atoms with Crippen LogP contribution in [0.2, 0.25) is 0 Å². The zero-order chi connectivity index (χ0) is 15.1. The molecule has 1 unspecified atom stereocenters. The van der Waals surface area contributed by atoms with Crippen LogP contribution in [-0.4, -0.2) is 49.6 Å². The zero-order valence-corrected chi connectivity index (χ0v) is 13.3. The van der Waals surface area contributed by atoms with E-state index in [0.717, 1.165) is 12.3 Å². The minimum Gasteiger partial charge on any atom is -0.495 e. The first-order valence-corrected chi connectivity index (χ1v) is 7.49. The molecule has 5 nitrogen and oxygen atoms in total. The number of thioether (sulfide) groups is 1. The fourth-order valence-corrected chi connectivity index (χ4v) is 2.58. The lowest BCUT2D eigenvalue weighted by Crippen LogP contribution is -2.24. The number of carbonyl (C=O) groups is 1. The molecule has 6 heteroatoms. The third kappa shape index (κ3) is 5.30. The minimum absolute atomic E-state index is 0.0438. The Morgan fingerprint density at radius 2 is 2.20 bits per heavy atom. The van der Waals surface area contributed by atoms with E-state index < -0.39 is 0 Å². The molecule has 1 aromatic rings. The van der Waals surface area contributed by atoms with Crippen molar-refractivity contribution in [2.24, 2.45) is 0 Å². The Labute approximate surface area is 124 Å². The van der Waals surface area contributed by atoms with Gasteiger partial charge in [0, 0.05) is 18.0 Å². The van der Waals surface area contributed by atoms with Crippen LogP contribution >= 0.6 is 11.8 Å². The van der Waals surface area contributed by atoms with Crippen molar-refractivity contribution in [2.75, 3.05) is 44.6 Å². The number of carbonyl (C=O) groups excluding carboxylic acids is 1. The number of anilines is 2. The third-order valence-electron chi connectivity index (χ3n) is 2.76. The summed E-state index contributed by atoms with van der Waals surface area (Å²) in [7, 11) is 5.60. The second-order valence-electron chi connectivity index (χ2n) is 4.77. The average molecular weight is 297 g/mol. The van der Waals surface area contributed by atoms with Gasteiger partial charge in [0.05, 0.1) is 18.0 Å². The van der Waals surface area contributed by atoms with Gasteiger partial charge in [-0.15, -0.1) is 11.8 Å². The fraction of sp³-hybridized carbons (Fsp3) is 0.500. The predicted molar refractivity (Wildman–Crippen MR) is 86.5 cm³/mol. The summed E-state index contributed by atoms with van der Waals surface area (Å²) in [5.41, 5.74) is 6.93. The Hall–Kier alpha value is -1.40. The molecule has 0 heterocycles. The van der Waals surface area contributed by atoms with Crippen LogP contribution in [0, 0.1) is 0 Å². The van der Waals surface area contributed by atoms with Crippen LogP contribution in [0.3, 0.4) is 0 Å². The summed E-state index contributed by atoms with van der Waals surface area (Å²) in [5.74, 6) is 1.48. The van der Waals surface area contributed by atoms with Crippen molar-refractivity contribution in [3.63, 3.8) is 0 Å². The van der Waals surface area contributed by atoms with Crippen molar-refractivity contribution in [2.45, 2.75) is 12.2 Å². The molecule has 1 rings (SSSR count). The van der Waals surface area contributed by atoms with Crippen molar-refractivity contribution < 1.29 is 9.53 Å². The lowest BCUT2D eigenvalue weighted by molar-refractivity contribution is -0.115. The molecule has 1 aromatic carbocycles. The molecule has 0 aliphatic rings.